The van der Waals surface area contributed by atoms with Crippen molar-refractivity contribution < 1.29 is 5.11 Å². The maximum absolute atomic E-state index is 9.68. The second-order valence-corrected chi connectivity index (χ2v) is 5.47. The number of rotatable bonds is 7. The Morgan fingerprint density at radius 1 is 1.31 bits per heavy atom. The van der Waals surface area contributed by atoms with Gasteiger partial charge in [0.05, 0.1) is 12.8 Å². The fourth-order valence-corrected chi connectivity index (χ4v) is 1.37. The van der Waals surface area contributed by atoms with Crippen LogP contribution in [0.1, 0.15) is 34.1 Å². The topological polar surface area (TPSA) is 52.7 Å². The molecule has 4 nitrogen and oxygen atoms in total. The Hall–Kier alpha value is -0.160. The van der Waals surface area contributed by atoms with E-state index in [1.54, 1.807) is 0 Å². The first-order chi connectivity index (χ1) is 7.20. The molecule has 0 heterocycles. The first-order valence-electron chi connectivity index (χ1n) is 6.04. The third-order valence-electron chi connectivity index (χ3n) is 3.46. The molecule has 98 valence electrons. The molecule has 2 atom stereocenters. The van der Waals surface area contributed by atoms with Crippen molar-refractivity contribution in [3.8, 4) is 0 Å². The summed E-state index contributed by atoms with van der Waals surface area (Å²) in [5, 5.41) is 9.68. The number of nitrogens with two attached hydrogens (primary N) is 1. The molecule has 0 spiro atoms. The van der Waals surface area contributed by atoms with Crippen molar-refractivity contribution >= 4 is 0 Å². The minimum absolute atomic E-state index is 0.174. The van der Waals surface area contributed by atoms with Gasteiger partial charge < -0.3 is 10.8 Å². The monoisotopic (exact) mass is 231 g/mol. The number of hydrogen-bond donors (Lipinski definition) is 2. The van der Waals surface area contributed by atoms with E-state index in [1.807, 2.05) is 14.0 Å². The number of aliphatic hydroxyl groups is 1. The van der Waals surface area contributed by atoms with Gasteiger partial charge in [0, 0.05) is 18.1 Å². The lowest BCUT2D eigenvalue weighted by Crippen LogP contribution is -2.49. The molecule has 0 fully saturated rings. The van der Waals surface area contributed by atoms with Crippen LogP contribution < -0.4 is 5.73 Å². The average molecular weight is 231 g/mol. The molecule has 1 unspecified atom stereocenters. The maximum Gasteiger partial charge on any atom is 0.0815 e. The van der Waals surface area contributed by atoms with Crippen LogP contribution in [0, 0.1) is 0 Å². The van der Waals surface area contributed by atoms with E-state index in [9.17, 15) is 5.11 Å². The Kier molecular flexibility index (Phi) is 6.48. The lowest BCUT2D eigenvalue weighted by atomic mass is 10.0. The number of aliphatic hydroxyl groups excluding tert-OH is 1. The fourth-order valence-electron chi connectivity index (χ4n) is 1.37. The highest BCUT2D eigenvalue weighted by Crippen LogP contribution is 2.16. The van der Waals surface area contributed by atoms with E-state index in [-0.39, 0.29) is 11.6 Å². The van der Waals surface area contributed by atoms with Crippen molar-refractivity contribution in [2.24, 2.45) is 5.73 Å². The Balaban J connectivity index is 4.10. The van der Waals surface area contributed by atoms with Gasteiger partial charge in [-0.05, 0) is 41.3 Å². The second kappa shape index (κ2) is 6.55. The molecule has 0 aliphatic heterocycles. The smallest absolute Gasteiger partial charge is 0.0815 e. The summed E-state index contributed by atoms with van der Waals surface area (Å²) >= 11 is 0. The molecule has 16 heavy (non-hydrogen) atoms. The first-order valence-corrected chi connectivity index (χ1v) is 6.04. The van der Waals surface area contributed by atoms with Crippen LogP contribution in [0.5, 0.6) is 0 Å². The molecule has 0 aliphatic carbocycles. The van der Waals surface area contributed by atoms with E-state index in [2.05, 4.69) is 37.6 Å². The van der Waals surface area contributed by atoms with E-state index >= 15 is 0 Å². The summed E-state index contributed by atoms with van der Waals surface area (Å²) in [6.07, 6.45) is 0.649. The van der Waals surface area contributed by atoms with Crippen LogP contribution in [-0.4, -0.2) is 59.9 Å². The van der Waals surface area contributed by atoms with Gasteiger partial charge in [-0.25, -0.2) is 0 Å². The SMILES string of the molecule is CCC(C)(C)N(C)CN(C)C[C@@H](O)C(C)N. The minimum atomic E-state index is -0.455. The summed E-state index contributed by atoms with van der Waals surface area (Å²) in [6, 6.07) is -0.174. The molecular weight excluding hydrogens is 202 g/mol. The maximum atomic E-state index is 9.68. The van der Waals surface area contributed by atoms with Gasteiger partial charge in [0.1, 0.15) is 0 Å². The van der Waals surface area contributed by atoms with Crippen LogP contribution in [0.4, 0.5) is 0 Å². The first kappa shape index (κ1) is 15.8. The summed E-state index contributed by atoms with van der Waals surface area (Å²) in [5.74, 6) is 0. The highest BCUT2D eigenvalue weighted by Gasteiger charge is 2.22. The van der Waals surface area contributed by atoms with Crippen molar-refractivity contribution in [3.05, 3.63) is 0 Å². The molecule has 0 aromatic heterocycles. The molecular formula is C12H29N3O. The van der Waals surface area contributed by atoms with Gasteiger partial charge in [0.15, 0.2) is 0 Å². The Morgan fingerprint density at radius 2 is 1.81 bits per heavy atom. The van der Waals surface area contributed by atoms with Gasteiger partial charge in [-0.2, -0.15) is 0 Å². The van der Waals surface area contributed by atoms with Gasteiger partial charge in [-0.1, -0.05) is 6.92 Å². The highest BCUT2D eigenvalue weighted by molar-refractivity contribution is 4.78. The molecule has 0 aliphatic rings. The summed E-state index contributed by atoms with van der Waals surface area (Å²) in [7, 11) is 4.12. The van der Waals surface area contributed by atoms with Crippen LogP contribution in [0.15, 0.2) is 0 Å². The lowest BCUT2D eigenvalue weighted by Gasteiger charge is -2.38. The summed E-state index contributed by atoms with van der Waals surface area (Å²) in [6.45, 7) is 9.92. The standard InChI is InChI=1S/C12H29N3O/c1-7-12(3,4)15(6)9-14(5)8-11(16)10(2)13/h10-11,16H,7-9,13H2,1-6H3/t10?,11-/m1/s1. The number of likely N-dealkylation sites (N-methyl/N-ethyl adjacent to an activating group) is 1. The third-order valence-corrected chi connectivity index (χ3v) is 3.46. The highest BCUT2D eigenvalue weighted by atomic mass is 16.3. The lowest BCUT2D eigenvalue weighted by molar-refractivity contribution is 0.0455. The number of nitrogens with zero attached hydrogens (tertiary/aromatic N) is 2. The summed E-state index contributed by atoms with van der Waals surface area (Å²) in [4.78, 5) is 4.40. The zero-order valence-electron chi connectivity index (χ0n) is 11.7. The van der Waals surface area contributed by atoms with Crippen LogP contribution >= 0.6 is 0 Å². The molecule has 0 radical (unpaired) electrons. The molecule has 0 saturated carbocycles. The van der Waals surface area contributed by atoms with Gasteiger partial charge in [-0.3, -0.25) is 9.80 Å². The van der Waals surface area contributed by atoms with Crippen molar-refractivity contribution in [1.29, 1.82) is 0 Å². The molecule has 0 rings (SSSR count). The number of hydrogen-bond acceptors (Lipinski definition) is 4. The third kappa shape index (κ3) is 5.25. The van der Waals surface area contributed by atoms with Gasteiger partial charge in [0.2, 0.25) is 0 Å². The van der Waals surface area contributed by atoms with Crippen molar-refractivity contribution in [1.82, 2.24) is 9.80 Å². The molecule has 0 saturated heterocycles. The largest absolute Gasteiger partial charge is 0.390 e. The normalized spacial score (nSPS) is 16.9. The zero-order chi connectivity index (χ0) is 12.9. The van der Waals surface area contributed by atoms with Crippen LogP contribution in [0.2, 0.25) is 0 Å². The van der Waals surface area contributed by atoms with E-state index in [4.69, 9.17) is 5.73 Å². The van der Waals surface area contributed by atoms with Gasteiger partial charge >= 0.3 is 0 Å². The zero-order valence-corrected chi connectivity index (χ0v) is 11.7. The van der Waals surface area contributed by atoms with Gasteiger partial charge in [0.25, 0.3) is 0 Å². The quantitative estimate of drug-likeness (QED) is 0.634. The Bertz CT molecular complexity index is 195. The average Bonchev–Trinajstić information content (AvgIpc) is 2.17. The molecule has 3 N–H and O–H groups in total. The predicted octanol–water partition coefficient (Wildman–Crippen LogP) is 0.704. The fraction of sp³-hybridized carbons (Fsp3) is 1.00. The van der Waals surface area contributed by atoms with Gasteiger partial charge in [-0.15, -0.1) is 0 Å². The molecule has 4 heteroatoms. The van der Waals surface area contributed by atoms with E-state index < -0.39 is 6.10 Å². The second-order valence-electron chi connectivity index (χ2n) is 5.47. The molecule has 0 amide bonds. The van der Waals surface area contributed by atoms with Crippen molar-refractivity contribution in [2.75, 3.05) is 27.3 Å². The Labute approximate surface area is 100 Å². The summed E-state index contributed by atoms with van der Waals surface area (Å²) in [5.41, 5.74) is 5.82. The van der Waals surface area contributed by atoms with Crippen molar-refractivity contribution in [2.45, 2.75) is 51.8 Å². The summed E-state index contributed by atoms with van der Waals surface area (Å²) < 4.78 is 0. The Morgan fingerprint density at radius 3 is 2.19 bits per heavy atom. The molecule has 0 bridgehead atoms. The molecule has 0 aromatic carbocycles. The van der Waals surface area contributed by atoms with Crippen LogP contribution in [0.25, 0.3) is 0 Å². The molecule has 0 aromatic rings. The van der Waals surface area contributed by atoms with E-state index in [0.717, 1.165) is 13.1 Å². The minimum Gasteiger partial charge on any atom is -0.390 e. The van der Waals surface area contributed by atoms with E-state index in [0.29, 0.717) is 6.54 Å². The van der Waals surface area contributed by atoms with Crippen molar-refractivity contribution in [3.63, 3.8) is 0 Å². The predicted molar refractivity (Wildman–Crippen MR) is 69.3 cm³/mol. The van der Waals surface area contributed by atoms with Crippen LogP contribution in [0.3, 0.4) is 0 Å². The van der Waals surface area contributed by atoms with Crippen LogP contribution in [-0.2, 0) is 0 Å². The van der Waals surface area contributed by atoms with E-state index in [1.165, 1.54) is 0 Å².